The fraction of sp³-hybridized carbons (Fsp3) is 0.476. The van der Waals surface area contributed by atoms with Crippen molar-refractivity contribution in [1.82, 2.24) is 19.6 Å². The number of carbonyl (C=O) groups is 2. The minimum atomic E-state index is -0.563. The van der Waals surface area contributed by atoms with Gasteiger partial charge in [0.25, 0.3) is 5.91 Å². The maximum Gasteiger partial charge on any atom is 0.328 e. The Morgan fingerprint density at radius 1 is 1.14 bits per heavy atom. The predicted molar refractivity (Wildman–Crippen MR) is 109 cm³/mol. The van der Waals surface area contributed by atoms with Gasteiger partial charge in [-0.2, -0.15) is 0 Å². The van der Waals surface area contributed by atoms with Crippen molar-refractivity contribution in [1.29, 1.82) is 0 Å². The number of guanidine groups is 1. The Kier molecular flexibility index (Phi) is 4.82. The van der Waals surface area contributed by atoms with Gasteiger partial charge in [0.15, 0.2) is 12.2 Å². The number of hydrogen-bond donors (Lipinski definition) is 1. The van der Waals surface area contributed by atoms with Crippen LogP contribution in [0.5, 0.6) is 0 Å². The lowest BCUT2D eigenvalue weighted by Crippen LogP contribution is -2.63. The van der Waals surface area contributed by atoms with E-state index in [1.54, 1.807) is 11.9 Å². The summed E-state index contributed by atoms with van der Waals surface area (Å²) in [5, 5.41) is 9.18. The number of carbonyl (C=O) groups excluding carboxylic acids is 2. The highest BCUT2D eigenvalue weighted by Crippen LogP contribution is 2.34. The first-order chi connectivity index (χ1) is 13.8. The molecule has 0 spiro atoms. The lowest BCUT2D eigenvalue weighted by Gasteiger charge is -2.40. The Labute approximate surface area is 170 Å². The molecule has 1 saturated heterocycles. The van der Waals surface area contributed by atoms with E-state index >= 15 is 0 Å². The number of allylic oxidation sites excluding steroid dienone is 1. The minimum absolute atomic E-state index is 0.0882. The number of benzene rings is 1. The quantitative estimate of drug-likeness (QED) is 0.817. The number of nitrogens with zero attached hydrogens (tertiary/aromatic N) is 5. The van der Waals surface area contributed by atoms with E-state index in [4.69, 9.17) is 4.99 Å². The van der Waals surface area contributed by atoms with Gasteiger partial charge in [0.05, 0.1) is 6.54 Å². The van der Waals surface area contributed by atoms with Gasteiger partial charge in [-0.25, -0.2) is 9.79 Å². The van der Waals surface area contributed by atoms with Crippen LogP contribution in [0.2, 0.25) is 0 Å². The fourth-order valence-electron chi connectivity index (χ4n) is 4.19. The predicted octanol–water partition coefficient (Wildman–Crippen LogP) is 1.62. The zero-order chi connectivity index (χ0) is 20.9. The molecule has 2 atom stereocenters. The second kappa shape index (κ2) is 7.18. The normalized spacial score (nSPS) is 23.5. The molecule has 1 aromatic rings. The van der Waals surface area contributed by atoms with Crippen molar-refractivity contribution in [2.24, 2.45) is 4.99 Å². The molecule has 1 N–H and O–H groups in total. The van der Waals surface area contributed by atoms with Crippen LogP contribution in [-0.2, 0) is 11.3 Å². The number of aliphatic imine (C=N–C) groups is 1. The third-order valence-electron chi connectivity index (χ3n) is 5.88. The van der Waals surface area contributed by atoms with Gasteiger partial charge in [-0.1, -0.05) is 23.8 Å². The van der Waals surface area contributed by atoms with Gasteiger partial charge in [0.2, 0.25) is 5.96 Å². The highest BCUT2D eigenvalue weighted by molar-refractivity contribution is 6.04. The number of fused-ring (bicyclic) bond motifs is 3. The molecule has 3 amide bonds. The van der Waals surface area contributed by atoms with E-state index in [1.165, 1.54) is 4.90 Å². The lowest BCUT2D eigenvalue weighted by molar-refractivity contribution is -0.137. The van der Waals surface area contributed by atoms with E-state index in [9.17, 15) is 14.7 Å². The summed E-state index contributed by atoms with van der Waals surface area (Å²) >= 11 is 0. The van der Waals surface area contributed by atoms with Crippen molar-refractivity contribution in [3.8, 4) is 0 Å². The Balaban J connectivity index is 1.63. The molecule has 0 aromatic heterocycles. The minimum Gasteiger partial charge on any atom is -0.396 e. The first-order valence-corrected chi connectivity index (χ1v) is 9.90. The second-order valence-corrected chi connectivity index (χ2v) is 7.94. The molecule has 3 aliphatic rings. The molecular weight excluding hydrogens is 370 g/mol. The smallest absolute Gasteiger partial charge is 0.328 e. The average Bonchev–Trinajstić information content (AvgIpc) is 3.19. The van der Waals surface area contributed by atoms with Crippen LogP contribution in [0.1, 0.15) is 30.0 Å². The third-order valence-corrected chi connectivity index (χ3v) is 5.88. The molecule has 3 heterocycles. The highest BCUT2D eigenvalue weighted by atomic mass is 16.3. The van der Waals surface area contributed by atoms with Crippen LogP contribution in [0.25, 0.3) is 0 Å². The molecule has 0 saturated carbocycles. The van der Waals surface area contributed by atoms with Crippen LogP contribution in [0, 0.1) is 13.8 Å². The van der Waals surface area contributed by atoms with Crippen LogP contribution in [0.3, 0.4) is 0 Å². The van der Waals surface area contributed by atoms with Gasteiger partial charge >= 0.3 is 6.03 Å². The number of amides is 3. The van der Waals surface area contributed by atoms with Crippen LogP contribution < -0.4 is 0 Å². The van der Waals surface area contributed by atoms with Gasteiger partial charge < -0.3 is 19.8 Å². The van der Waals surface area contributed by atoms with Crippen molar-refractivity contribution in [2.75, 3.05) is 20.2 Å². The van der Waals surface area contributed by atoms with Crippen LogP contribution >= 0.6 is 0 Å². The van der Waals surface area contributed by atoms with Crippen molar-refractivity contribution in [2.45, 2.75) is 45.9 Å². The van der Waals surface area contributed by atoms with E-state index in [1.807, 2.05) is 55.0 Å². The van der Waals surface area contributed by atoms with Crippen LogP contribution in [-0.4, -0.2) is 75.0 Å². The average molecular weight is 397 g/mol. The molecule has 0 radical (unpaired) electrons. The number of aliphatic hydroxyl groups is 1. The zero-order valence-electron chi connectivity index (χ0n) is 17.3. The molecule has 0 bridgehead atoms. The summed E-state index contributed by atoms with van der Waals surface area (Å²) < 4.78 is 0. The summed E-state index contributed by atoms with van der Waals surface area (Å²) in [6, 6.07) is 5.17. The van der Waals surface area contributed by atoms with Crippen LogP contribution in [0.15, 0.2) is 35.1 Å². The summed E-state index contributed by atoms with van der Waals surface area (Å²) in [4.78, 5) is 37.9. The van der Waals surface area contributed by atoms with E-state index in [0.29, 0.717) is 18.9 Å². The first-order valence-electron chi connectivity index (χ1n) is 9.90. The number of aliphatic hydroxyl groups excluding tert-OH is 1. The molecule has 3 aliphatic heterocycles. The third kappa shape index (κ3) is 3.07. The molecule has 154 valence electrons. The van der Waals surface area contributed by atoms with Crippen molar-refractivity contribution >= 4 is 17.9 Å². The Hall–Kier alpha value is -2.87. The van der Waals surface area contributed by atoms with Crippen molar-refractivity contribution < 1.29 is 14.7 Å². The largest absolute Gasteiger partial charge is 0.396 e. The maximum absolute atomic E-state index is 13.4. The van der Waals surface area contributed by atoms with Crippen molar-refractivity contribution in [3.05, 3.63) is 46.8 Å². The molecule has 1 aromatic carbocycles. The molecule has 1 fully saturated rings. The molecule has 0 aliphatic carbocycles. The summed E-state index contributed by atoms with van der Waals surface area (Å²) in [6.45, 7) is 6.90. The van der Waals surface area contributed by atoms with Crippen LogP contribution in [0.4, 0.5) is 4.79 Å². The van der Waals surface area contributed by atoms with Gasteiger partial charge in [0.1, 0.15) is 0 Å². The molecule has 29 heavy (non-hydrogen) atoms. The summed E-state index contributed by atoms with van der Waals surface area (Å²) in [6.07, 6.45) is 1.98. The number of hydrogen-bond acceptors (Lipinski definition) is 6. The number of likely N-dealkylation sites (N-methyl/N-ethyl adjacent to an activating group) is 1. The summed E-state index contributed by atoms with van der Waals surface area (Å²) in [5.41, 5.74) is 4.09. The second-order valence-electron chi connectivity index (χ2n) is 7.94. The Morgan fingerprint density at radius 3 is 2.62 bits per heavy atom. The standard InChI is InChI=1S/C21H27N5O3/c1-13-6-7-14(2)16(10-13)12-26-19(28)17-18(23(4)21(26)29)22-20-24(8-5-9-27)15(3)11-25(17)20/h6-7,10-11,17-18,27H,5,8-9,12H2,1-4H3. The van der Waals surface area contributed by atoms with E-state index in [2.05, 4.69) is 0 Å². The molecule has 8 nitrogen and oxygen atoms in total. The lowest BCUT2D eigenvalue weighted by atomic mass is 10.0. The first kappa shape index (κ1) is 19.4. The molecule has 4 rings (SSSR count). The summed E-state index contributed by atoms with van der Waals surface area (Å²) in [5.74, 6) is 0.443. The number of imide groups is 1. The van der Waals surface area contributed by atoms with Gasteiger partial charge in [-0.15, -0.1) is 0 Å². The van der Waals surface area contributed by atoms with Crippen molar-refractivity contribution in [3.63, 3.8) is 0 Å². The maximum atomic E-state index is 13.4. The zero-order valence-corrected chi connectivity index (χ0v) is 17.3. The van der Waals surface area contributed by atoms with E-state index in [-0.39, 0.29) is 25.1 Å². The number of urea groups is 1. The topological polar surface area (TPSA) is 79.7 Å². The summed E-state index contributed by atoms with van der Waals surface area (Å²) in [7, 11) is 1.70. The molecular formula is C21H27N5O3. The fourth-order valence-corrected chi connectivity index (χ4v) is 4.19. The van der Waals surface area contributed by atoms with E-state index in [0.717, 1.165) is 22.4 Å². The number of rotatable bonds is 5. The monoisotopic (exact) mass is 397 g/mol. The molecule has 2 unspecified atom stereocenters. The highest BCUT2D eigenvalue weighted by Gasteiger charge is 2.54. The van der Waals surface area contributed by atoms with E-state index < -0.39 is 12.2 Å². The molecule has 8 heteroatoms. The van der Waals surface area contributed by atoms with Gasteiger partial charge in [0, 0.05) is 32.1 Å². The van der Waals surface area contributed by atoms with Gasteiger partial charge in [-0.3, -0.25) is 9.69 Å². The SMILES string of the molecule is CC1=CN2C(=NC3C2C(=O)N(Cc2cc(C)ccc2C)C(=O)N3C)N1CCCO. The Bertz CT molecular complexity index is 925. The van der Waals surface area contributed by atoms with Gasteiger partial charge in [-0.05, 0) is 38.3 Å². The number of aryl methyl sites for hydroxylation is 2. The Morgan fingerprint density at radius 2 is 1.90 bits per heavy atom.